The standard InChI is InChI=1S/C19H20N2O3/c1-23-18-9-7-16(8-10-18)17-11-12-24-21(14-17)19(22)20-13-15-5-3-2-4-6-15/h2-11H,12-14H2,1H3,(H,20,22). The number of benzene rings is 2. The summed E-state index contributed by atoms with van der Waals surface area (Å²) in [7, 11) is 1.64. The summed E-state index contributed by atoms with van der Waals surface area (Å²) < 4.78 is 5.17. The molecule has 0 atom stereocenters. The summed E-state index contributed by atoms with van der Waals surface area (Å²) in [6.07, 6.45) is 1.99. The highest BCUT2D eigenvalue weighted by Gasteiger charge is 2.20. The number of carbonyl (C=O) groups is 1. The molecule has 1 aliphatic heterocycles. The van der Waals surface area contributed by atoms with Crippen molar-refractivity contribution in [1.29, 1.82) is 0 Å². The Hall–Kier alpha value is -2.79. The minimum absolute atomic E-state index is 0.238. The number of hydroxylamine groups is 2. The lowest BCUT2D eigenvalue weighted by atomic mass is 10.0. The first-order valence-corrected chi connectivity index (χ1v) is 7.82. The smallest absolute Gasteiger partial charge is 0.341 e. The average Bonchev–Trinajstić information content (AvgIpc) is 2.67. The Morgan fingerprint density at radius 1 is 1.17 bits per heavy atom. The van der Waals surface area contributed by atoms with Gasteiger partial charge in [-0.05, 0) is 28.8 Å². The lowest BCUT2D eigenvalue weighted by molar-refractivity contribution is -0.101. The van der Waals surface area contributed by atoms with Gasteiger partial charge in [-0.2, -0.15) is 5.06 Å². The van der Waals surface area contributed by atoms with E-state index in [9.17, 15) is 4.79 Å². The highest BCUT2D eigenvalue weighted by molar-refractivity contribution is 5.77. The first kappa shape index (κ1) is 16.1. The molecular weight excluding hydrogens is 304 g/mol. The van der Waals surface area contributed by atoms with Crippen molar-refractivity contribution >= 4 is 11.6 Å². The Morgan fingerprint density at radius 3 is 2.62 bits per heavy atom. The molecule has 5 heteroatoms. The van der Waals surface area contributed by atoms with E-state index in [-0.39, 0.29) is 6.03 Å². The van der Waals surface area contributed by atoms with Gasteiger partial charge >= 0.3 is 6.03 Å². The number of ether oxygens (including phenoxy) is 1. The van der Waals surface area contributed by atoms with Crippen LogP contribution in [0.4, 0.5) is 4.79 Å². The molecule has 0 aromatic heterocycles. The molecule has 0 saturated heterocycles. The van der Waals surface area contributed by atoms with Crippen molar-refractivity contribution in [3.63, 3.8) is 0 Å². The fourth-order valence-corrected chi connectivity index (χ4v) is 2.50. The second-order valence-electron chi connectivity index (χ2n) is 5.43. The molecule has 3 rings (SSSR count). The van der Waals surface area contributed by atoms with E-state index in [1.165, 1.54) is 5.06 Å². The van der Waals surface area contributed by atoms with Crippen LogP contribution in [0.25, 0.3) is 5.57 Å². The van der Waals surface area contributed by atoms with Crippen molar-refractivity contribution in [2.75, 3.05) is 20.3 Å². The third kappa shape index (κ3) is 3.94. The van der Waals surface area contributed by atoms with Crippen LogP contribution in [0.5, 0.6) is 5.75 Å². The molecule has 124 valence electrons. The van der Waals surface area contributed by atoms with Crippen LogP contribution in [0, 0.1) is 0 Å². The van der Waals surface area contributed by atoms with Crippen LogP contribution in [0.3, 0.4) is 0 Å². The van der Waals surface area contributed by atoms with Crippen molar-refractivity contribution in [2.24, 2.45) is 0 Å². The second kappa shape index (κ2) is 7.66. The molecular formula is C19H20N2O3. The van der Waals surface area contributed by atoms with Gasteiger partial charge in [0, 0.05) is 6.54 Å². The SMILES string of the molecule is COc1ccc(C2=CCON(C(=O)NCc3ccccc3)C2)cc1. The first-order valence-electron chi connectivity index (χ1n) is 7.82. The van der Waals surface area contributed by atoms with Gasteiger partial charge in [-0.15, -0.1) is 0 Å². The van der Waals surface area contributed by atoms with Gasteiger partial charge in [-0.3, -0.25) is 4.84 Å². The van der Waals surface area contributed by atoms with Gasteiger partial charge in [0.2, 0.25) is 0 Å². The zero-order valence-electron chi connectivity index (χ0n) is 13.6. The van der Waals surface area contributed by atoms with Gasteiger partial charge in [0.25, 0.3) is 0 Å². The number of urea groups is 1. The summed E-state index contributed by atoms with van der Waals surface area (Å²) in [4.78, 5) is 17.7. The van der Waals surface area contributed by atoms with E-state index in [1.54, 1.807) is 7.11 Å². The fourth-order valence-electron chi connectivity index (χ4n) is 2.50. The predicted octanol–water partition coefficient (Wildman–Crippen LogP) is 3.24. The molecule has 0 saturated carbocycles. The van der Waals surface area contributed by atoms with E-state index in [1.807, 2.05) is 60.7 Å². The number of carbonyl (C=O) groups excluding carboxylic acids is 1. The van der Waals surface area contributed by atoms with Crippen LogP contribution >= 0.6 is 0 Å². The van der Waals surface area contributed by atoms with Gasteiger partial charge < -0.3 is 10.1 Å². The maximum atomic E-state index is 12.3. The van der Waals surface area contributed by atoms with Crippen LogP contribution in [0.2, 0.25) is 0 Å². The van der Waals surface area contributed by atoms with E-state index in [0.29, 0.717) is 19.7 Å². The highest BCUT2D eigenvalue weighted by Crippen LogP contribution is 2.22. The first-order chi connectivity index (χ1) is 11.8. The summed E-state index contributed by atoms with van der Waals surface area (Å²) in [5, 5.41) is 4.24. The minimum atomic E-state index is -0.238. The molecule has 2 aromatic carbocycles. The van der Waals surface area contributed by atoms with Crippen LogP contribution in [-0.2, 0) is 11.4 Å². The maximum absolute atomic E-state index is 12.3. The van der Waals surface area contributed by atoms with E-state index < -0.39 is 0 Å². The van der Waals surface area contributed by atoms with Crippen molar-refractivity contribution in [1.82, 2.24) is 10.4 Å². The number of nitrogens with one attached hydrogen (secondary N) is 1. The van der Waals surface area contributed by atoms with Crippen molar-refractivity contribution < 1.29 is 14.4 Å². The normalized spacial score (nSPS) is 14.0. The number of methoxy groups -OCH3 is 1. The third-order valence-electron chi connectivity index (χ3n) is 3.85. The molecule has 1 heterocycles. The molecule has 2 amide bonds. The molecule has 2 aromatic rings. The summed E-state index contributed by atoms with van der Waals surface area (Å²) >= 11 is 0. The average molecular weight is 324 g/mol. The largest absolute Gasteiger partial charge is 0.497 e. The second-order valence-corrected chi connectivity index (χ2v) is 5.43. The Labute approximate surface area is 141 Å². The van der Waals surface area contributed by atoms with Gasteiger partial charge in [0.05, 0.1) is 20.3 Å². The molecule has 0 unspecified atom stereocenters. The van der Waals surface area contributed by atoms with Crippen LogP contribution in [0.15, 0.2) is 60.7 Å². The molecule has 5 nitrogen and oxygen atoms in total. The van der Waals surface area contributed by atoms with E-state index in [4.69, 9.17) is 9.57 Å². The van der Waals surface area contributed by atoms with Crippen LogP contribution < -0.4 is 10.1 Å². The van der Waals surface area contributed by atoms with Crippen molar-refractivity contribution in [3.05, 3.63) is 71.8 Å². The monoisotopic (exact) mass is 324 g/mol. The molecule has 24 heavy (non-hydrogen) atoms. The van der Waals surface area contributed by atoms with E-state index in [0.717, 1.165) is 22.4 Å². The predicted molar refractivity (Wildman–Crippen MR) is 92.3 cm³/mol. The number of hydrogen-bond donors (Lipinski definition) is 1. The lowest BCUT2D eigenvalue weighted by Gasteiger charge is -2.27. The summed E-state index contributed by atoms with van der Waals surface area (Å²) in [6, 6.07) is 17.3. The van der Waals surface area contributed by atoms with E-state index in [2.05, 4.69) is 5.32 Å². The molecule has 0 radical (unpaired) electrons. The number of nitrogens with zero attached hydrogens (tertiary/aromatic N) is 1. The van der Waals surface area contributed by atoms with Gasteiger partial charge in [-0.1, -0.05) is 48.5 Å². The molecule has 0 bridgehead atoms. The van der Waals surface area contributed by atoms with Gasteiger partial charge in [0.15, 0.2) is 0 Å². The summed E-state index contributed by atoms with van der Waals surface area (Å²) in [5.41, 5.74) is 3.16. The lowest BCUT2D eigenvalue weighted by Crippen LogP contribution is -2.42. The zero-order valence-corrected chi connectivity index (χ0v) is 13.6. The van der Waals surface area contributed by atoms with Crippen molar-refractivity contribution in [2.45, 2.75) is 6.54 Å². The topological polar surface area (TPSA) is 50.8 Å². The Kier molecular flexibility index (Phi) is 5.13. The molecule has 1 aliphatic rings. The molecule has 0 spiro atoms. The van der Waals surface area contributed by atoms with Crippen LogP contribution in [-0.4, -0.2) is 31.4 Å². The van der Waals surface area contributed by atoms with Crippen molar-refractivity contribution in [3.8, 4) is 5.75 Å². The van der Waals surface area contributed by atoms with Gasteiger partial charge in [0.1, 0.15) is 5.75 Å². The number of amides is 2. The fraction of sp³-hybridized carbons (Fsp3) is 0.211. The number of rotatable bonds is 4. The Morgan fingerprint density at radius 2 is 1.92 bits per heavy atom. The Bertz CT molecular complexity index is 711. The number of hydrogen-bond acceptors (Lipinski definition) is 3. The quantitative estimate of drug-likeness (QED) is 0.939. The maximum Gasteiger partial charge on any atom is 0.341 e. The minimum Gasteiger partial charge on any atom is -0.497 e. The zero-order chi connectivity index (χ0) is 16.8. The third-order valence-corrected chi connectivity index (χ3v) is 3.85. The molecule has 0 aliphatic carbocycles. The van der Waals surface area contributed by atoms with E-state index >= 15 is 0 Å². The highest BCUT2D eigenvalue weighted by atomic mass is 16.7. The van der Waals surface area contributed by atoms with Crippen LogP contribution in [0.1, 0.15) is 11.1 Å². The summed E-state index contributed by atoms with van der Waals surface area (Å²) in [6.45, 7) is 1.26. The summed E-state index contributed by atoms with van der Waals surface area (Å²) in [5.74, 6) is 0.809. The molecule has 1 N–H and O–H groups in total. The molecule has 0 fully saturated rings. The Balaban J connectivity index is 1.59. The van der Waals surface area contributed by atoms with Gasteiger partial charge in [-0.25, -0.2) is 4.79 Å².